The maximum atomic E-state index is 13.3. The van der Waals surface area contributed by atoms with Crippen molar-refractivity contribution in [1.29, 1.82) is 0 Å². The van der Waals surface area contributed by atoms with Crippen molar-refractivity contribution in [3.8, 4) is 0 Å². The minimum Gasteiger partial charge on any atom is -0.385 e. The van der Waals surface area contributed by atoms with Gasteiger partial charge >= 0.3 is 0 Å². The molecule has 0 fully saturated rings. The van der Waals surface area contributed by atoms with Crippen molar-refractivity contribution >= 4 is 17.3 Å². The predicted molar refractivity (Wildman–Crippen MR) is 48.2 cm³/mol. The van der Waals surface area contributed by atoms with E-state index in [1.165, 1.54) is 0 Å². The first-order valence-corrected chi connectivity index (χ1v) is 4.37. The number of benzene rings is 1. The van der Waals surface area contributed by atoms with E-state index < -0.39 is 0 Å². The summed E-state index contributed by atoms with van der Waals surface area (Å²) in [6, 6.07) is 3.42. The summed E-state index contributed by atoms with van der Waals surface area (Å²) >= 11 is 5.64. The third-order valence-electron chi connectivity index (χ3n) is 2.12. The smallest absolute Gasteiger partial charge is 0.147 e. The predicted octanol–water partition coefficient (Wildman–Crippen LogP) is 2.84. The quantitative estimate of drug-likeness (QED) is 0.656. The van der Waals surface area contributed by atoms with E-state index in [9.17, 15) is 4.39 Å². The minimum atomic E-state index is -0.263. The van der Waals surface area contributed by atoms with Crippen molar-refractivity contribution in [3.05, 3.63) is 28.5 Å². The number of hydrogen-bond donors (Lipinski definition) is 1. The summed E-state index contributed by atoms with van der Waals surface area (Å²) in [5, 5.41) is 3.35. The molecule has 1 aliphatic heterocycles. The fourth-order valence-electron chi connectivity index (χ4n) is 1.49. The molecule has 3 heteroatoms. The zero-order valence-electron chi connectivity index (χ0n) is 6.53. The molecule has 0 spiro atoms. The largest absolute Gasteiger partial charge is 0.385 e. The molecule has 0 amide bonds. The molecule has 0 radical (unpaired) electrons. The number of rotatable bonds is 0. The van der Waals surface area contributed by atoms with E-state index in [0.29, 0.717) is 0 Å². The molecule has 1 aromatic carbocycles. The summed E-state index contributed by atoms with van der Waals surface area (Å²) < 4.78 is 13.3. The Hall–Kier alpha value is -0.760. The van der Waals surface area contributed by atoms with E-state index in [2.05, 4.69) is 5.32 Å². The number of nitrogens with one attached hydrogen (secondary N) is 1. The van der Waals surface area contributed by atoms with Gasteiger partial charge in [0.1, 0.15) is 5.82 Å². The summed E-state index contributed by atoms with van der Waals surface area (Å²) in [4.78, 5) is 0. The van der Waals surface area contributed by atoms with Gasteiger partial charge in [0.25, 0.3) is 0 Å². The van der Waals surface area contributed by atoms with Crippen LogP contribution in [-0.4, -0.2) is 6.54 Å². The van der Waals surface area contributed by atoms with Gasteiger partial charge in [0.15, 0.2) is 0 Å². The van der Waals surface area contributed by atoms with E-state index in [1.807, 2.05) is 6.07 Å². The van der Waals surface area contributed by atoms with Crippen molar-refractivity contribution in [2.45, 2.75) is 12.8 Å². The third kappa shape index (κ3) is 1.16. The molecule has 1 nitrogen and oxygen atoms in total. The Morgan fingerprint density at radius 1 is 1.42 bits per heavy atom. The van der Waals surface area contributed by atoms with E-state index in [4.69, 9.17) is 11.6 Å². The van der Waals surface area contributed by atoms with Crippen molar-refractivity contribution in [2.24, 2.45) is 0 Å². The fourth-order valence-corrected chi connectivity index (χ4v) is 1.67. The zero-order chi connectivity index (χ0) is 8.55. The normalized spacial score (nSPS) is 15.2. The summed E-state index contributed by atoms with van der Waals surface area (Å²) in [5.74, 6) is -0.263. The second-order valence-electron chi connectivity index (χ2n) is 2.92. The molecule has 1 heterocycles. The Morgan fingerprint density at radius 2 is 2.25 bits per heavy atom. The van der Waals surface area contributed by atoms with Gasteiger partial charge in [-0.3, -0.25) is 0 Å². The molecule has 0 bridgehead atoms. The highest BCUT2D eigenvalue weighted by atomic mass is 35.5. The van der Waals surface area contributed by atoms with Crippen LogP contribution in [-0.2, 0) is 6.42 Å². The third-order valence-corrected chi connectivity index (χ3v) is 2.41. The number of hydrogen-bond acceptors (Lipinski definition) is 1. The van der Waals surface area contributed by atoms with Crippen LogP contribution in [0.3, 0.4) is 0 Å². The standard InChI is InChI=1S/C9H9ClFN/c10-7-3-4-8-6(9(7)11)2-1-5-12-8/h3-4,12H,1-2,5H2. The monoisotopic (exact) mass is 185 g/mol. The fraction of sp³-hybridized carbons (Fsp3) is 0.333. The van der Waals surface area contributed by atoms with E-state index in [1.54, 1.807) is 6.07 Å². The molecule has 1 aliphatic rings. The van der Waals surface area contributed by atoms with Gasteiger partial charge in [0.05, 0.1) is 5.02 Å². The maximum absolute atomic E-state index is 13.3. The summed E-state index contributed by atoms with van der Waals surface area (Å²) in [7, 11) is 0. The molecule has 0 aromatic heterocycles. The summed E-state index contributed by atoms with van der Waals surface area (Å²) in [5.41, 5.74) is 1.62. The van der Waals surface area contributed by atoms with Crippen LogP contribution in [0.4, 0.5) is 10.1 Å². The first-order valence-electron chi connectivity index (χ1n) is 4.00. The summed E-state index contributed by atoms with van der Waals surface area (Å²) in [6.45, 7) is 0.925. The van der Waals surface area contributed by atoms with E-state index >= 15 is 0 Å². The van der Waals surface area contributed by atoms with Gasteiger partial charge in [-0.2, -0.15) is 0 Å². The van der Waals surface area contributed by atoms with Crippen LogP contribution in [0.15, 0.2) is 12.1 Å². The molecular weight excluding hydrogens is 177 g/mol. The van der Waals surface area contributed by atoms with Crippen molar-refractivity contribution < 1.29 is 4.39 Å². The lowest BCUT2D eigenvalue weighted by Gasteiger charge is -2.18. The molecule has 0 atom stereocenters. The SMILES string of the molecule is Fc1c(Cl)ccc2c1CCCN2. The van der Waals surface area contributed by atoms with Gasteiger partial charge in [-0.05, 0) is 25.0 Å². The van der Waals surface area contributed by atoms with Crippen LogP contribution in [0.25, 0.3) is 0 Å². The molecule has 1 aromatic rings. The Bertz CT molecular complexity index is 312. The maximum Gasteiger partial charge on any atom is 0.147 e. The lowest BCUT2D eigenvalue weighted by molar-refractivity contribution is 0.603. The van der Waals surface area contributed by atoms with Gasteiger partial charge in [0.2, 0.25) is 0 Å². The average molecular weight is 186 g/mol. The second-order valence-corrected chi connectivity index (χ2v) is 3.33. The molecular formula is C9H9ClFN. The van der Waals surface area contributed by atoms with Crippen LogP contribution in [0, 0.1) is 5.82 Å². The number of anilines is 1. The summed E-state index contributed by atoms with van der Waals surface area (Å²) in [6.07, 6.45) is 1.76. The Balaban J connectivity index is 2.54. The van der Waals surface area contributed by atoms with Gasteiger partial charge < -0.3 is 5.32 Å². The molecule has 1 N–H and O–H groups in total. The Morgan fingerprint density at radius 3 is 3.08 bits per heavy atom. The van der Waals surface area contributed by atoms with Crippen LogP contribution in [0.2, 0.25) is 5.02 Å². The second kappa shape index (κ2) is 2.94. The first kappa shape index (κ1) is 7.87. The topological polar surface area (TPSA) is 12.0 Å². The van der Waals surface area contributed by atoms with Gasteiger partial charge in [0, 0.05) is 17.8 Å². The lowest BCUT2D eigenvalue weighted by Crippen LogP contribution is -2.13. The molecule has 2 rings (SSSR count). The van der Waals surface area contributed by atoms with Crippen molar-refractivity contribution in [3.63, 3.8) is 0 Å². The van der Waals surface area contributed by atoms with Gasteiger partial charge in [-0.1, -0.05) is 11.6 Å². The molecule has 0 unspecified atom stereocenters. The number of fused-ring (bicyclic) bond motifs is 1. The van der Waals surface area contributed by atoms with E-state index in [0.717, 1.165) is 30.6 Å². The van der Waals surface area contributed by atoms with E-state index in [-0.39, 0.29) is 10.8 Å². The minimum absolute atomic E-state index is 0.220. The molecule has 64 valence electrons. The molecule has 0 saturated carbocycles. The number of halogens is 2. The van der Waals surface area contributed by atoms with Crippen LogP contribution in [0.5, 0.6) is 0 Å². The lowest BCUT2D eigenvalue weighted by atomic mass is 10.0. The highest BCUT2D eigenvalue weighted by Gasteiger charge is 2.14. The molecule has 12 heavy (non-hydrogen) atoms. The zero-order valence-corrected chi connectivity index (χ0v) is 7.29. The van der Waals surface area contributed by atoms with Gasteiger partial charge in [-0.15, -0.1) is 0 Å². The highest BCUT2D eigenvalue weighted by molar-refractivity contribution is 6.30. The molecule has 0 aliphatic carbocycles. The van der Waals surface area contributed by atoms with Gasteiger partial charge in [-0.25, -0.2) is 4.39 Å². The molecule has 0 saturated heterocycles. The Labute approximate surface area is 75.5 Å². The van der Waals surface area contributed by atoms with Crippen LogP contribution < -0.4 is 5.32 Å². The first-order chi connectivity index (χ1) is 5.79. The average Bonchev–Trinajstić information content (AvgIpc) is 2.12. The van der Waals surface area contributed by atoms with Crippen molar-refractivity contribution in [2.75, 3.05) is 11.9 Å². The van der Waals surface area contributed by atoms with Crippen LogP contribution in [0.1, 0.15) is 12.0 Å². The highest BCUT2D eigenvalue weighted by Crippen LogP contribution is 2.28. The van der Waals surface area contributed by atoms with Crippen LogP contribution >= 0.6 is 11.6 Å². The Kier molecular flexibility index (Phi) is 1.93. The van der Waals surface area contributed by atoms with Crippen molar-refractivity contribution in [1.82, 2.24) is 0 Å².